The summed E-state index contributed by atoms with van der Waals surface area (Å²) < 4.78 is 5.21. The van der Waals surface area contributed by atoms with Crippen LogP contribution in [0.1, 0.15) is 22.8 Å². The summed E-state index contributed by atoms with van der Waals surface area (Å²) in [5, 5.41) is 5.46. The van der Waals surface area contributed by atoms with Gasteiger partial charge in [-0.05, 0) is 37.3 Å². The number of nitrogens with one attached hydrogen (secondary N) is 2. The van der Waals surface area contributed by atoms with Crippen molar-refractivity contribution >= 4 is 23.2 Å². The largest absolute Gasteiger partial charge is 0.496 e. The monoisotopic (exact) mass is 298 g/mol. The fourth-order valence-corrected chi connectivity index (χ4v) is 2.00. The van der Waals surface area contributed by atoms with Crippen LogP contribution in [-0.2, 0) is 4.79 Å². The molecular formula is C17H18N2O3. The number of ether oxygens (including phenoxy) is 1. The Bertz CT molecular complexity index is 694. The molecule has 0 fully saturated rings. The standard InChI is InChI=1S/C17H18N2O3/c1-11-4-6-13(7-5-11)19-17(21)15-10-14(18-12(2)20)8-9-16(15)22-3/h4-10H,1-3H3,(H,18,20)(H,19,21). The molecule has 2 aromatic carbocycles. The highest BCUT2D eigenvalue weighted by molar-refractivity contribution is 6.07. The van der Waals surface area contributed by atoms with Gasteiger partial charge in [0.05, 0.1) is 12.7 Å². The van der Waals surface area contributed by atoms with E-state index < -0.39 is 0 Å². The molecule has 0 unspecified atom stereocenters. The third-order valence-corrected chi connectivity index (χ3v) is 3.07. The van der Waals surface area contributed by atoms with Gasteiger partial charge < -0.3 is 15.4 Å². The van der Waals surface area contributed by atoms with E-state index >= 15 is 0 Å². The van der Waals surface area contributed by atoms with E-state index in [2.05, 4.69) is 10.6 Å². The van der Waals surface area contributed by atoms with E-state index in [1.165, 1.54) is 14.0 Å². The maximum Gasteiger partial charge on any atom is 0.259 e. The average Bonchev–Trinajstić information content (AvgIpc) is 2.49. The van der Waals surface area contributed by atoms with Gasteiger partial charge in [-0.2, -0.15) is 0 Å². The van der Waals surface area contributed by atoms with Crippen LogP contribution in [0.3, 0.4) is 0 Å². The minimum Gasteiger partial charge on any atom is -0.496 e. The summed E-state index contributed by atoms with van der Waals surface area (Å²) in [4.78, 5) is 23.5. The van der Waals surface area contributed by atoms with Crippen LogP contribution in [-0.4, -0.2) is 18.9 Å². The van der Waals surface area contributed by atoms with Crippen molar-refractivity contribution in [3.8, 4) is 5.75 Å². The summed E-state index contributed by atoms with van der Waals surface area (Å²) in [6.07, 6.45) is 0. The van der Waals surface area contributed by atoms with Crippen LogP contribution in [0.15, 0.2) is 42.5 Å². The van der Waals surface area contributed by atoms with Crippen molar-refractivity contribution in [1.82, 2.24) is 0 Å². The van der Waals surface area contributed by atoms with Gasteiger partial charge in [0.25, 0.3) is 5.91 Å². The summed E-state index contributed by atoms with van der Waals surface area (Å²) in [7, 11) is 1.50. The number of anilines is 2. The molecule has 0 saturated heterocycles. The first-order chi connectivity index (χ1) is 10.5. The molecule has 2 aromatic rings. The second kappa shape index (κ2) is 6.76. The molecule has 0 spiro atoms. The van der Waals surface area contributed by atoms with Gasteiger partial charge in [-0.1, -0.05) is 17.7 Å². The van der Waals surface area contributed by atoms with Gasteiger partial charge in [0.1, 0.15) is 5.75 Å². The Morgan fingerprint density at radius 2 is 1.59 bits per heavy atom. The number of rotatable bonds is 4. The summed E-state index contributed by atoms with van der Waals surface area (Å²) in [5.41, 5.74) is 2.71. The Balaban J connectivity index is 2.26. The molecule has 0 radical (unpaired) electrons. The van der Waals surface area contributed by atoms with Crippen molar-refractivity contribution in [2.24, 2.45) is 0 Å². The minimum absolute atomic E-state index is 0.199. The van der Waals surface area contributed by atoms with E-state index in [4.69, 9.17) is 4.74 Å². The molecular weight excluding hydrogens is 280 g/mol. The molecule has 0 aliphatic rings. The summed E-state index contributed by atoms with van der Waals surface area (Å²) in [5.74, 6) is -0.0540. The summed E-state index contributed by atoms with van der Waals surface area (Å²) in [6.45, 7) is 3.39. The molecule has 0 saturated carbocycles. The molecule has 0 aliphatic carbocycles. The van der Waals surface area contributed by atoms with Crippen LogP contribution in [0.2, 0.25) is 0 Å². The molecule has 2 rings (SSSR count). The highest BCUT2D eigenvalue weighted by Crippen LogP contribution is 2.24. The second-order valence-corrected chi connectivity index (χ2v) is 4.92. The Hall–Kier alpha value is -2.82. The first-order valence-electron chi connectivity index (χ1n) is 6.83. The van der Waals surface area contributed by atoms with Crippen molar-refractivity contribution in [2.45, 2.75) is 13.8 Å². The third kappa shape index (κ3) is 3.85. The second-order valence-electron chi connectivity index (χ2n) is 4.92. The SMILES string of the molecule is COc1ccc(NC(C)=O)cc1C(=O)Nc1ccc(C)cc1. The predicted molar refractivity (Wildman–Crippen MR) is 86.4 cm³/mol. The number of benzene rings is 2. The molecule has 0 aliphatic heterocycles. The number of aryl methyl sites for hydroxylation is 1. The number of hydrogen-bond donors (Lipinski definition) is 2. The Kier molecular flexibility index (Phi) is 4.78. The van der Waals surface area contributed by atoms with Crippen LogP contribution < -0.4 is 15.4 Å². The maximum atomic E-state index is 12.4. The fourth-order valence-electron chi connectivity index (χ4n) is 2.00. The van der Waals surface area contributed by atoms with Crippen molar-refractivity contribution in [1.29, 1.82) is 0 Å². The first-order valence-corrected chi connectivity index (χ1v) is 6.83. The summed E-state index contributed by atoms with van der Waals surface area (Å²) in [6, 6.07) is 12.4. The molecule has 0 aromatic heterocycles. The maximum absolute atomic E-state index is 12.4. The van der Waals surface area contributed by atoms with Crippen molar-refractivity contribution in [2.75, 3.05) is 17.7 Å². The number of amides is 2. The molecule has 114 valence electrons. The van der Waals surface area contributed by atoms with Crippen LogP contribution >= 0.6 is 0 Å². The third-order valence-electron chi connectivity index (χ3n) is 3.07. The molecule has 22 heavy (non-hydrogen) atoms. The quantitative estimate of drug-likeness (QED) is 0.910. The van der Waals surface area contributed by atoms with Gasteiger partial charge >= 0.3 is 0 Å². The highest BCUT2D eigenvalue weighted by Gasteiger charge is 2.14. The Morgan fingerprint density at radius 1 is 0.955 bits per heavy atom. The Labute approximate surface area is 129 Å². The molecule has 0 atom stereocenters. The number of hydrogen-bond acceptors (Lipinski definition) is 3. The molecule has 0 bridgehead atoms. The van der Waals surface area contributed by atoms with E-state index in [1.54, 1.807) is 18.2 Å². The van der Waals surface area contributed by atoms with E-state index in [0.29, 0.717) is 22.7 Å². The van der Waals surface area contributed by atoms with Crippen molar-refractivity contribution in [3.63, 3.8) is 0 Å². The van der Waals surface area contributed by atoms with Gasteiger partial charge in [0.2, 0.25) is 5.91 Å². The Morgan fingerprint density at radius 3 is 2.18 bits per heavy atom. The molecule has 5 heteroatoms. The van der Waals surface area contributed by atoms with Gasteiger partial charge in [0, 0.05) is 18.3 Å². The van der Waals surface area contributed by atoms with E-state index in [1.807, 2.05) is 31.2 Å². The minimum atomic E-state index is -0.298. The fraction of sp³-hybridized carbons (Fsp3) is 0.176. The van der Waals surface area contributed by atoms with Crippen LogP contribution in [0.5, 0.6) is 5.75 Å². The van der Waals surface area contributed by atoms with Gasteiger partial charge in [-0.3, -0.25) is 9.59 Å². The normalized spacial score (nSPS) is 9.95. The van der Waals surface area contributed by atoms with Crippen LogP contribution in [0.4, 0.5) is 11.4 Å². The van der Waals surface area contributed by atoms with Crippen LogP contribution in [0, 0.1) is 6.92 Å². The van der Waals surface area contributed by atoms with Crippen LogP contribution in [0.25, 0.3) is 0 Å². The lowest BCUT2D eigenvalue weighted by molar-refractivity contribution is -0.114. The summed E-state index contributed by atoms with van der Waals surface area (Å²) >= 11 is 0. The lowest BCUT2D eigenvalue weighted by atomic mass is 10.1. The highest BCUT2D eigenvalue weighted by atomic mass is 16.5. The van der Waals surface area contributed by atoms with E-state index in [0.717, 1.165) is 5.56 Å². The first kappa shape index (κ1) is 15.6. The van der Waals surface area contributed by atoms with Gasteiger partial charge in [-0.25, -0.2) is 0 Å². The molecule has 2 N–H and O–H groups in total. The van der Waals surface area contributed by atoms with Crippen molar-refractivity contribution < 1.29 is 14.3 Å². The van der Waals surface area contributed by atoms with E-state index in [-0.39, 0.29) is 11.8 Å². The zero-order chi connectivity index (χ0) is 16.1. The molecule has 5 nitrogen and oxygen atoms in total. The number of carbonyl (C=O) groups excluding carboxylic acids is 2. The molecule has 0 heterocycles. The van der Waals surface area contributed by atoms with Crippen molar-refractivity contribution in [3.05, 3.63) is 53.6 Å². The molecule has 2 amide bonds. The average molecular weight is 298 g/mol. The zero-order valence-electron chi connectivity index (χ0n) is 12.8. The lowest BCUT2D eigenvalue weighted by Gasteiger charge is -2.11. The smallest absolute Gasteiger partial charge is 0.259 e. The van der Waals surface area contributed by atoms with Gasteiger partial charge in [0.15, 0.2) is 0 Å². The topological polar surface area (TPSA) is 67.4 Å². The predicted octanol–water partition coefficient (Wildman–Crippen LogP) is 3.21. The zero-order valence-corrected chi connectivity index (χ0v) is 12.8. The van der Waals surface area contributed by atoms with E-state index in [9.17, 15) is 9.59 Å². The number of methoxy groups -OCH3 is 1. The number of carbonyl (C=O) groups is 2. The van der Waals surface area contributed by atoms with Gasteiger partial charge in [-0.15, -0.1) is 0 Å². The lowest BCUT2D eigenvalue weighted by Crippen LogP contribution is -2.14.